The van der Waals surface area contributed by atoms with Crippen molar-refractivity contribution in [3.05, 3.63) is 35.9 Å². The van der Waals surface area contributed by atoms with E-state index in [1.54, 1.807) is 0 Å². The lowest BCUT2D eigenvalue weighted by Crippen LogP contribution is -2.54. The smallest absolute Gasteiger partial charge is 0.405 e. The number of hydrogen-bond acceptors (Lipinski definition) is 5. The number of halogens is 1. The van der Waals surface area contributed by atoms with Crippen LogP contribution in [0.1, 0.15) is 9.67 Å². The van der Waals surface area contributed by atoms with E-state index in [4.69, 9.17) is 14.6 Å². The van der Waals surface area contributed by atoms with Crippen LogP contribution in [0.4, 0.5) is 4.79 Å². The zero-order valence-corrected chi connectivity index (χ0v) is 15.5. The summed E-state index contributed by atoms with van der Waals surface area (Å²) in [5, 5.41) is 21.0. The molecule has 3 N–H and O–H groups in total. The molecule has 2 rings (SSSR count). The Hall–Kier alpha value is -0.940. The lowest BCUT2D eigenvalue weighted by Gasteiger charge is -2.36. The van der Waals surface area contributed by atoms with Gasteiger partial charge in [-0.1, -0.05) is 30.3 Å². The second kappa shape index (κ2) is 10.1. The molecular weight excluding hydrogens is 427 g/mol. The Morgan fingerprint density at radius 2 is 2.21 bits per heavy atom. The molecule has 8 heteroatoms. The summed E-state index contributed by atoms with van der Waals surface area (Å²) in [4.78, 5) is 13.1. The Bertz CT molecular complexity index is 505. The molecule has 0 aliphatic carbocycles. The number of carbonyl (C=O) groups is 1. The quantitative estimate of drug-likeness (QED) is 0.411. The summed E-state index contributed by atoms with van der Waals surface area (Å²) in [6, 6.07) is 9.28. The van der Waals surface area contributed by atoms with Crippen LogP contribution < -0.4 is 5.32 Å². The summed E-state index contributed by atoms with van der Waals surface area (Å²) in [7, 11) is 0. The first-order valence-corrected chi connectivity index (χ1v) is 9.07. The Morgan fingerprint density at radius 1 is 1.46 bits per heavy atom. The van der Waals surface area contributed by atoms with E-state index in [-0.39, 0.29) is 29.4 Å². The number of ether oxygens (including phenoxy) is 2. The fourth-order valence-corrected chi connectivity index (χ4v) is 3.22. The van der Waals surface area contributed by atoms with E-state index < -0.39 is 6.09 Å². The number of morpholine rings is 1. The lowest BCUT2D eigenvalue weighted by atomic mass is 10.2. The minimum atomic E-state index is -1.08. The molecule has 1 aromatic rings. The van der Waals surface area contributed by atoms with Gasteiger partial charge in [0.05, 0.1) is 38.5 Å². The molecule has 3 atom stereocenters. The Kier molecular flexibility index (Phi) is 8.19. The predicted octanol–water partition coefficient (Wildman–Crippen LogP) is 1.47. The molecule has 0 saturated carbocycles. The molecule has 1 heterocycles. The van der Waals surface area contributed by atoms with E-state index in [0.717, 1.165) is 5.56 Å². The van der Waals surface area contributed by atoms with E-state index in [9.17, 15) is 9.90 Å². The van der Waals surface area contributed by atoms with Gasteiger partial charge >= 0.3 is 6.09 Å². The first kappa shape index (κ1) is 19.4. The van der Waals surface area contributed by atoms with Gasteiger partial charge in [0.2, 0.25) is 0 Å². The molecule has 0 bridgehead atoms. The average Bonchev–Trinajstić information content (AvgIpc) is 2.60. The summed E-state index contributed by atoms with van der Waals surface area (Å²) in [6.45, 7) is 2.41. The third kappa shape index (κ3) is 6.17. The average molecular weight is 450 g/mol. The summed E-state index contributed by atoms with van der Waals surface area (Å²) in [6.07, 6.45) is -1.08. The minimum Gasteiger partial charge on any atom is -0.465 e. The fraction of sp³-hybridized carbons (Fsp3) is 0.562. The van der Waals surface area contributed by atoms with Gasteiger partial charge in [0.1, 0.15) is 4.11 Å². The van der Waals surface area contributed by atoms with Gasteiger partial charge in [-0.2, -0.15) is 0 Å². The third-order valence-electron chi connectivity index (χ3n) is 3.85. The maximum Gasteiger partial charge on any atom is 0.405 e. The maximum absolute atomic E-state index is 11.1. The molecule has 1 amide bonds. The molecule has 1 saturated heterocycles. The number of amides is 1. The van der Waals surface area contributed by atoms with Gasteiger partial charge in [0, 0.05) is 13.1 Å². The van der Waals surface area contributed by atoms with Crippen molar-refractivity contribution in [3.8, 4) is 0 Å². The van der Waals surface area contributed by atoms with Gasteiger partial charge in [0.15, 0.2) is 0 Å². The Morgan fingerprint density at radius 3 is 2.88 bits per heavy atom. The van der Waals surface area contributed by atoms with Crippen LogP contribution in [0.25, 0.3) is 0 Å². The molecule has 0 aromatic heterocycles. The van der Waals surface area contributed by atoms with Crippen LogP contribution in [0.2, 0.25) is 0 Å². The van der Waals surface area contributed by atoms with Crippen molar-refractivity contribution in [1.29, 1.82) is 0 Å². The van der Waals surface area contributed by atoms with E-state index in [0.29, 0.717) is 26.3 Å². The summed E-state index contributed by atoms with van der Waals surface area (Å²) >= 11 is 2.19. The Balaban J connectivity index is 1.91. The van der Waals surface area contributed by atoms with Crippen LogP contribution in [-0.4, -0.2) is 72.8 Å². The molecule has 0 radical (unpaired) electrons. The second-order valence-electron chi connectivity index (χ2n) is 5.61. The van der Waals surface area contributed by atoms with Gasteiger partial charge in [-0.15, -0.1) is 0 Å². The Labute approximate surface area is 155 Å². The van der Waals surface area contributed by atoms with E-state index >= 15 is 0 Å². The minimum absolute atomic E-state index is 0.0143. The van der Waals surface area contributed by atoms with Crippen molar-refractivity contribution < 1.29 is 24.5 Å². The van der Waals surface area contributed by atoms with Crippen molar-refractivity contribution in [2.75, 3.05) is 39.5 Å². The monoisotopic (exact) mass is 450 g/mol. The van der Waals surface area contributed by atoms with Crippen molar-refractivity contribution in [1.82, 2.24) is 10.2 Å². The number of benzene rings is 1. The standard InChI is InChI=1S/C16H23IN2O5/c17-15(12-4-2-1-3-5-12)24-10-13(18-16(21)22)8-19-6-7-23-11-14(19)9-20/h1-5,13-15,18,20H,6-11H2,(H,21,22)/t13-,14?,15?/m0/s1. The molecule has 1 aromatic carbocycles. The number of aliphatic hydroxyl groups excluding tert-OH is 1. The van der Waals surface area contributed by atoms with Crippen LogP contribution in [-0.2, 0) is 9.47 Å². The molecule has 7 nitrogen and oxygen atoms in total. The van der Waals surface area contributed by atoms with Crippen LogP contribution in [0.5, 0.6) is 0 Å². The highest BCUT2D eigenvalue weighted by atomic mass is 127. The van der Waals surface area contributed by atoms with Gasteiger partial charge in [-0.3, -0.25) is 4.90 Å². The van der Waals surface area contributed by atoms with Crippen LogP contribution >= 0.6 is 22.6 Å². The molecule has 1 fully saturated rings. The number of rotatable bonds is 8. The fourth-order valence-electron chi connectivity index (χ4n) is 2.60. The van der Waals surface area contributed by atoms with Crippen molar-refractivity contribution in [3.63, 3.8) is 0 Å². The number of hydrogen-bond donors (Lipinski definition) is 3. The van der Waals surface area contributed by atoms with E-state index in [2.05, 4.69) is 27.9 Å². The number of nitrogens with one attached hydrogen (secondary N) is 1. The lowest BCUT2D eigenvalue weighted by molar-refractivity contribution is -0.0352. The summed E-state index contributed by atoms with van der Waals surface area (Å²) in [5.41, 5.74) is 1.03. The van der Waals surface area contributed by atoms with Crippen LogP contribution in [0.15, 0.2) is 30.3 Å². The molecule has 24 heavy (non-hydrogen) atoms. The highest BCUT2D eigenvalue weighted by Gasteiger charge is 2.26. The van der Waals surface area contributed by atoms with Gasteiger partial charge in [0.25, 0.3) is 0 Å². The number of alkyl halides is 1. The zero-order valence-electron chi connectivity index (χ0n) is 13.3. The van der Waals surface area contributed by atoms with Gasteiger partial charge in [-0.05, 0) is 28.2 Å². The van der Waals surface area contributed by atoms with E-state index in [1.807, 2.05) is 35.2 Å². The van der Waals surface area contributed by atoms with E-state index in [1.165, 1.54) is 0 Å². The van der Waals surface area contributed by atoms with Crippen molar-refractivity contribution in [2.24, 2.45) is 0 Å². The van der Waals surface area contributed by atoms with Crippen molar-refractivity contribution >= 4 is 28.7 Å². The molecule has 1 aliphatic heterocycles. The first-order valence-electron chi connectivity index (χ1n) is 7.83. The first-order chi connectivity index (χ1) is 11.6. The molecular formula is C16H23IN2O5. The largest absolute Gasteiger partial charge is 0.465 e. The topological polar surface area (TPSA) is 91.3 Å². The summed E-state index contributed by atoms with van der Waals surface area (Å²) < 4.78 is 11.0. The molecule has 134 valence electrons. The molecule has 2 unspecified atom stereocenters. The highest BCUT2D eigenvalue weighted by molar-refractivity contribution is 14.1. The van der Waals surface area contributed by atoms with Gasteiger partial charge < -0.3 is 25.0 Å². The second-order valence-corrected chi connectivity index (χ2v) is 6.74. The van der Waals surface area contributed by atoms with Crippen LogP contribution in [0.3, 0.4) is 0 Å². The van der Waals surface area contributed by atoms with Gasteiger partial charge in [-0.25, -0.2) is 4.79 Å². The highest BCUT2D eigenvalue weighted by Crippen LogP contribution is 2.24. The summed E-state index contributed by atoms with van der Waals surface area (Å²) in [5.74, 6) is 0. The number of carboxylic acid groups (broad SMARTS) is 1. The SMILES string of the molecule is O=C(O)N[C@H](COC(I)c1ccccc1)CN1CCOCC1CO. The normalized spacial score (nSPS) is 21.2. The third-order valence-corrected chi connectivity index (χ3v) is 4.93. The zero-order chi connectivity index (χ0) is 17.4. The molecule has 0 spiro atoms. The number of nitrogens with zero attached hydrogens (tertiary/aromatic N) is 1. The maximum atomic E-state index is 11.1. The van der Waals surface area contributed by atoms with Crippen LogP contribution in [0, 0.1) is 0 Å². The van der Waals surface area contributed by atoms with Crippen molar-refractivity contribution in [2.45, 2.75) is 16.2 Å². The number of aliphatic hydroxyl groups is 1. The predicted molar refractivity (Wildman–Crippen MR) is 97.4 cm³/mol. The molecule has 1 aliphatic rings.